The van der Waals surface area contributed by atoms with Crippen molar-refractivity contribution in [2.24, 2.45) is 0 Å². The second-order valence-electron chi connectivity index (χ2n) is 9.20. The number of carbonyl (C=O) groups is 1. The highest BCUT2D eigenvalue weighted by Crippen LogP contribution is 2.19. The standard InChI is InChI=1S/C27H36N4O2S/c1-19(2)30(20(3)4)15-16-31-26(33)23-13-9-10-14-24(23)29-27(31)34-18-25(32)28-17-21(5)22-11-7-6-8-12-22/h6-14,19-21H,15-18H2,1-5H3,(H,28,32). The molecule has 3 rings (SSSR count). The summed E-state index contributed by atoms with van der Waals surface area (Å²) in [6, 6.07) is 18.3. The molecule has 1 amide bonds. The number of thioether (sulfide) groups is 1. The number of benzene rings is 2. The zero-order valence-corrected chi connectivity index (χ0v) is 21.6. The average Bonchev–Trinajstić information content (AvgIpc) is 2.82. The van der Waals surface area contributed by atoms with E-state index in [1.54, 1.807) is 4.57 Å². The van der Waals surface area contributed by atoms with Crippen molar-refractivity contribution >= 4 is 28.6 Å². The monoisotopic (exact) mass is 480 g/mol. The van der Waals surface area contributed by atoms with Crippen molar-refractivity contribution in [3.8, 4) is 0 Å². The first kappa shape index (κ1) is 26.0. The topological polar surface area (TPSA) is 67.2 Å². The molecule has 1 N–H and O–H groups in total. The van der Waals surface area contributed by atoms with E-state index in [2.05, 4.69) is 57.0 Å². The Morgan fingerprint density at radius 1 is 1.00 bits per heavy atom. The third-order valence-electron chi connectivity index (χ3n) is 6.04. The lowest BCUT2D eigenvalue weighted by Gasteiger charge is -2.30. The van der Waals surface area contributed by atoms with Gasteiger partial charge < -0.3 is 5.32 Å². The van der Waals surface area contributed by atoms with Gasteiger partial charge >= 0.3 is 0 Å². The van der Waals surface area contributed by atoms with Gasteiger partial charge in [0.2, 0.25) is 5.91 Å². The molecule has 0 radical (unpaired) electrons. The Morgan fingerprint density at radius 2 is 1.65 bits per heavy atom. The second-order valence-corrected chi connectivity index (χ2v) is 10.1. The molecule has 0 aliphatic rings. The van der Waals surface area contributed by atoms with Crippen molar-refractivity contribution < 1.29 is 4.79 Å². The fourth-order valence-corrected chi connectivity index (χ4v) is 4.99. The summed E-state index contributed by atoms with van der Waals surface area (Å²) in [6.07, 6.45) is 0. The molecule has 1 heterocycles. The second kappa shape index (κ2) is 12.2. The van der Waals surface area contributed by atoms with E-state index in [-0.39, 0.29) is 23.1 Å². The van der Waals surface area contributed by atoms with E-state index in [0.29, 0.717) is 41.2 Å². The van der Waals surface area contributed by atoms with Gasteiger partial charge in [-0.25, -0.2) is 4.98 Å². The van der Waals surface area contributed by atoms with Crippen LogP contribution in [-0.2, 0) is 11.3 Å². The Labute approximate surface area is 206 Å². The van der Waals surface area contributed by atoms with Gasteiger partial charge in [-0.1, -0.05) is 61.2 Å². The van der Waals surface area contributed by atoms with E-state index in [4.69, 9.17) is 4.98 Å². The van der Waals surface area contributed by atoms with Crippen LogP contribution in [0.3, 0.4) is 0 Å². The smallest absolute Gasteiger partial charge is 0.262 e. The molecular weight excluding hydrogens is 444 g/mol. The molecule has 3 aromatic rings. The fourth-order valence-electron chi connectivity index (χ4n) is 4.13. The minimum atomic E-state index is -0.0623. The number of para-hydroxylation sites is 1. The zero-order valence-electron chi connectivity index (χ0n) is 20.8. The molecule has 1 unspecified atom stereocenters. The van der Waals surface area contributed by atoms with E-state index in [0.717, 1.165) is 6.54 Å². The van der Waals surface area contributed by atoms with Crippen molar-refractivity contribution in [3.05, 3.63) is 70.5 Å². The van der Waals surface area contributed by atoms with Gasteiger partial charge in [-0.2, -0.15) is 0 Å². The van der Waals surface area contributed by atoms with Gasteiger partial charge in [0.05, 0.1) is 16.7 Å². The van der Waals surface area contributed by atoms with Gasteiger partial charge in [-0.3, -0.25) is 19.1 Å². The first-order valence-electron chi connectivity index (χ1n) is 12.0. The summed E-state index contributed by atoms with van der Waals surface area (Å²) in [6.45, 7) is 12.6. The highest BCUT2D eigenvalue weighted by molar-refractivity contribution is 7.99. The van der Waals surface area contributed by atoms with Crippen molar-refractivity contribution in [3.63, 3.8) is 0 Å². The highest BCUT2D eigenvalue weighted by atomic mass is 32.2. The first-order valence-corrected chi connectivity index (χ1v) is 13.0. The predicted octanol–water partition coefficient (Wildman–Crippen LogP) is 4.53. The summed E-state index contributed by atoms with van der Waals surface area (Å²) in [5, 5.41) is 4.21. The largest absolute Gasteiger partial charge is 0.355 e. The number of rotatable bonds is 11. The molecule has 0 saturated carbocycles. The van der Waals surface area contributed by atoms with Crippen molar-refractivity contribution in [1.82, 2.24) is 19.8 Å². The van der Waals surface area contributed by atoms with Gasteiger partial charge in [0.25, 0.3) is 5.56 Å². The molecule has 0 spiro atoms. The number of hydrogen-bond donors (Lipinski definition) is 1. The Hall–Kier alpha value is -2.64. The summed E-state index contributed by atoms with van der Waals surface area (Å²) in [5.41, 5.74) is 1.80. The maximum Gasteiger partial charge on any atom is 0.262 e. The van der Waals surface area contributed by atoms with E-state index in [1.165, 1.54) is 17.3 Å². The number of nitrogens with one attached hydrogen (secondary N) is 1. The van der Waals surface area contributed by atoms with E-state index >= 15 is 0 Å². The van der Waals surface area contributed by atoms with Gasteiger partial charge in [-0.05, 0) is 51.3 Å². The number of carbonyl (C=O) groups excluding carboxylic acids is 1. The normalized spacial score (nSPS) is 12.6. The van der Waals surface area contributed by atoms with Crippen LogP contribution in [-0.4, -0.2) is 51.3 Å². The quantitative estimate of drug-likeness (QED) is 0.323. The minimum Gasteiger partial charge on any atom is -0.355 e. The molecule has 2 aromatic carbocycles. The molecule has 0 saturated heterocycles. The summed E-state index contributed by atoms with van der Waals surface area (Å²) in [7, 11) is 0. The number of hydrogen-bond acceptors (Lipinski definition) is 5. The van der Waals surface area contributed by atoms with Gasteiger partial charge in [-0.15, -0.1) is 0 Å². The van der Waals surface area contributed by atoms with Crippen LogP contribution >= 0.6 is 11.8 Å². The molecular formula is C27H36N4O2S. The van der Waals surface area contributed by atoms with E-state index in [9.17, 15) is 9.59 Å². The molecule has 7 heteroatoms. The molecule has 1 atom stereocenters. The molecule has 0 fully saturated rings. The van der Waals surface area contributed by atoms with Crippen LogP contribution in [0.1, 0.15) is 46.1 Å². The zero-order chi connectivity index (χ0) is 24.7. The molecule has 0 bridgehead atoms. The van der Waals surface area contributed by atoms with Crippen molar-refractivity contribution in [2.75, 3.05) is 18.8 Å². The number of amides is 1. The van der Waals surface area contributed by atoms with E-state index < -0.39 is 0 Å². The van der Waals surface area contributed by atoms with Gasteiger partial charge in [0, 0.05) is 31.7 Å². The van der Waals surface area contributed by atoms with Crippen LogP contribution in [0.15, 0.2) is 64.5 Å². The Kier molecular flexibility index (Phi) is 9.30. The Morgan fingerprint density at radius 3 is 2.32 bits per heavy atom. The number of aromatic nitrogens is 2. The van der Waals surface area contributed by atoms with Crippen LogP contribution in [0.5, 0.6) is 0 Å². The first-order chi connectivity index (χ1) is 16.3. The van der Waals surface area contributed by atoms with E-state index in [1.807, 2.05) is 42.5 Å². The third-order valence-corrected chi connectivity index (χ3v) is 7.02. The van der Waals surface area contributed by atoms with Crippen LogP contribution in [0.25, 0.3) is 10.9 Å². The lowest BCUT2D eigenvalue weighted by molar-refractivity contribution is -0.118. The van der Waals surface area contributed by atoms with Crippen LogP contribution in [0.4, 0.5) is 0 Å². The number of fused-ring (bicyclic) bond motifs is 1. The van der Waals surface area contributed by atoms with Gasteiger partial charge in [0.15, 0.2) is 5.16 Å². The van der Waals surface area contributed by atoms with Crippen LogP contribution in [0, 0.1) is 0 Å². The lowest BCUT2D eigenvalue weighted by Crippen LogP contribution is -2.40. The maximum absolute atomic E-state index is 13.3. The van der Waals surface area contributed by atoms with Crippen molar-refractivity contribution in [1.29, 1.82) is 0 Å². The Bertz CT molecular complexity index is 1140. The molecule has 34 heavy (non-hydrogen) atoms. The minimum absolute atomic E-state index is 0.0568. The third kappa shape index (κ3) is 6.70. The lowest BCUT2D eigenvalue weighted by atomic mass is 10.0. The summed E-state index contributed by atoms with van der Waals surface area (Å²) >= 11 is 1.32. The predicted molar refractivity (Wildman–Crippen MR) is 142 cm³/mol. The van der Waals surface area contributed by atoms with Crippen molar-refractivity contribution in [2.45, 2.75) is 64.3 Å². The highest BCUT2D eigenvalue weighted by Gasteiger charge is 2.17. The Balaban J connectivity index is 1.73. The maximum atomic E-state index is 13.3. The fraction of sp³-hybridized carbons (Fsp3) is 0.444. The van der Waals surface area contributed by atoms with Crippen LogP contribution in [0.2, 0.25) is 0 Å². The molecule has 0 aliphatic heterocycles. The molecule has 182 valence electrons. The molecule has 6 nitrogen and oxygen atoms in total. The average molecular weight is 481 g/mol. The molecule has 0 aliphatic carbocycles. The summed E-state index contributed by atoms with van der Waals surface area (Å²) in [5.74, 6) is 0.377. The summed E-state index contributed by atoms with van der Waals surface area (Å²) < 4.78 is 1.73. The van der Waals surface area contributed by atoms with Gasteiger partial charge in [0.1, 0.15) is 0 Å². The number of nitrogens with zero attached hydrogens (tertiary/aromatic N) is 3. The summed E-state index contributed by atoms with van der Waals surface area (Å²) in [4.78, 5) is 33.0. The molecule has 1 aromatic heterocycles. The SMILES string of the molecule is CC(CNC(=O)CSc1nc2ccccc2c(=O)n1CCN(C(C)C)C(C)C)c1ccccc1. The van der Waals surface area contributed by atoms with Crippen LogP contribution < -0.4 is 10.9 Å².